The van der Waals surface area contributed by atoms with E-state index < -0.39 is 0 Å². The number of aryl methyl sites for hydroxylation is 2. The number of carbonyl (C=O) groups is 1. The Hall–Kier alpha value is -3.58. The summed E-state index contributed by atoms with van der Waals surface area (Å²) in [5, 5.41) is 4.79. The van der Waals surface area contributed by atoms with Gasteiger partial charge < -0.3 is 10.1 Å². The van der Waals surface area contributed by atoms with Crippen LogP contribution in [-0.4, -0.2) is 20.9 Å². The van der Waals surface area contributed by atoms with Crippen molar-refractivity contribution >= 4 is 22.9 Å². The first-order chi connectivity index (χ1) is 14.6. The Morgan fingerprint density at radius 2 is 2.00 bits per heavy atom. The van der Waals surface area contributed by atoms with Gasteiger partial charge in [0.2, 0.25) is 5.88 Å². The zero-order valence-electron chi connectivity index (χ0n) is 16.6. The predicted octanol–water partition coefficient (Wildman–Crippen LogP) is 5.52. The van der Waals surface area contributed by atoms with Gasteiger partial charge in [0.05, 0.1) is 16.1 Å². The number of rotatable bonds is 6. The van der Waals surface area contributed by atoms with Crippen molar-refractivity contribution in [1.82, 2.24) is 15.0 Å². The van der Waals surface area contributed by atoms with Gasteiger partial charge in [-0.3, -0.25) is 4.79 Å². The number of nitrogens with one attached hydrogen (secondary N) is 1. The Morgan fingerprint density at radius 3 is 2.77 bits per heavy atom. The molecule has 30 heavy (non-hydrogen) atoms. The molecular weight excluding hydrogens is 396 g/mol. The second kappa shape index (κ2) is 8.84. The van der Waals surface area contributed by atoms with Crippen LogP contribution in [0.1, 0.15) is 28.0 Å². The minimum Gasteiger partial charge on any atom is -0.438 e. The number of aromatic nitrogens is 3. The van der Waals surface area contributed by atoms with Crippen molar-refractivity contribution in [2.75, 3.05) is 5.32 Å². The van der Waals surface area contributed by atoms with Gasteiger partial charge in [-0.05, 0) is 60.3 Å². The highest BCUT2D eigenvalue weighted by Gasteiger charge is 2.13. The summed E-state index contributed by atoms with van der Waals surface area (Å²) in [6.45, 7) is 3.94. The molecule has 1 amide bonds. The molecule has 0 fully saturated rings. The van der Waals surface area contributed by atoms with Crippen molar-refractivity contribution < 1.29 is 9.53 Å². The van der Waals surface area contributed by atoms with Gasteiger partial charge in [0.1, 0.15) is 11.6 Å². The summed E-state index contributed by atoms with van der Waals surface area (Å²) in [5.74, 6) is 1.77. The van der Waals surface area contributed by atoms with Crippen molar-refractivity contribution in [1.29, 1.82) is 0 Å². The zero-order valence-corrected chi connectivity index (χ0v) is 17.4. The maximum Gasteiger partial charge on any atom is 0.265 e. The lowest BCUT2D eigenvalue weighted by atomic mass is 10.1. The standard InChI is InChI=1S/C23H20N4O2S/c1-3-21-24-12-10-18(27-21)17-6-4-11-25-23(17)29-19-9-8-16(14-15(19)2)26-22(28)20-7-5-13-30-20/h4-14H,3H2,1-2H3,(H,26,28). The molecule has 0 atom stereocenters. The summed E-state index contributed by atoms with van der Waals surface area (Å²) in [6, 6.07) is 14.8. The van der Waals surface area contributed by atoms with Gasteiger partial charge in [-0.15, -0.1) is 11.3 Å². The van der Waals surface area contributed by atoms with E-state index in [4.69, 9.17) is 4.74 Å². The molecule has 3 heterocycles. The van der Waals surface area contributed by atoms with Gasteiger partial charge in [0.25, 0.3) is 5.91 Å². The van der Waals surface area contributed by atoms with E-state index in [9.17, 15) is 4.79 Å². The Bertz CT molecular complexity index is 1180. The van der Waals surface area contributed by atoms with Crippen molar-refractivity contribution in [3.8, 4) is 22.9 Å². The molecule has 0 radical (unpaired) electrons. The summed E-state index contributed by atoms with van der Waals surface area (Å²) < 4.78 is 6.12. The number of hydrogen-bond donors (Lipinski definition) is 1. The lowest BCUT2D eigenvalue weighted by Crippen LogP contribution is -2.10. The quantitative estimate of drug-likeness (QED) is 0.448. The van der Waals surface area contributed by atoms with Gasteiger partial charge in [-0.1, -0.05) is 13.0 Å². The molecule has 6 nitrogen and oxygen atoms in total. The Morgan fingerprint density at radius 1 is 1.10 bits per heavy atom. The topological polar surface area (TPSA) is 77.0 Å². The van der Waals surface area contributed by atoms with Crippen LogP contribution in [0.5, 0.6) is 11.6 Å². The average molecular weight is 417 g/mol. The molecule has 0 aliphatic heterocycles. The molecule has 0 spiro atoms. The molecule has 1 aromatic carbocycles. The number of hydrogen-bond acceptors (Lipinski definition) is 6. The monoisotopic (exact) mass is 416 g/mol. The highest BCUT2D eigenvalue weighted by Crippen LogP contribution is 2.32. The molecule has 7 heteroatoms. The summed E-state index contributed by atoms with van der Waals surface area (Å²) in [7, 11) is 0. The van der Waals surface area contributed by atoms with E-state index in [2.05, 4.69) is 20.3 Å². The highest BCUT2D eigenvalue weighted by molar-refractivity contribution is 7.12. The van der Waals surface area contributed by atoms with E-state index in [0.29, 0.717) is 22.2 Å². The van der Waals surface area contributed by atoms with E-state index in [1.807, 2.05) is 61.7 Å². The summed E-state index contributed by atoms with van der Waals surface area (Å²) in [5.41, 5.74) is 3.15. The summed E-state index contributed by atoms with van der Waals surface area (Å²) in [4.78, 5) is 26.2. The van der Waals surface area contributed by atoms with Crippen LogP contribution < -0.4 is 10.1 Å². The zero-order chi connectivity index (χ0) is 20.9. The van der Waals surface area contributed by atoms with E-state index in [0.717, 1.165) is 29.1 Å². The molecule has 0 aliphatic rings. The lowest BCUT2D eigenvalue weighted by molar-refractivity contribution is 0.103. The van der Waals surface area contributed by atoms with Gasteiger partial charge in [-0.25, -0.2) is 15.0 Å². The molecule has 0 unspecified atom stereocenters. The average Bonchev–Trinajstić information content (AvgIpc) is 3.31. The second-order valence-electron chi connectivity index (χ2n) is 6.58. The molecule has 4 aromatic rings. The summed E-state index contributed by atoms with van der Waals surface area (Å²) in [6.07, 6.45) is 4.18. The van der Waals surface area contributed by atoms with Crippen LogP contribution in [0.4, 0.5) is 5.69 Å². The maximum absolute atomic E-state index is 12.3. The largest absolute Gasteiger partial charge is 0.438 e. The number of thiophene rings is 1. The number of anilines is 1. The molecule has 0 saturated carbocycles. The van der Waals surface area contributed by atoms with Crippen LogP contribution in [0.2, 0.25) is 0 Å². The first-order valence-electron chi connectivity index (χ1n) is 9.54. The van der Waals surface area contributed by atoms with Crippen LogP contribution in [0.25, 0.3) is 11.3 Å². The third-order valence-electron chi connectivity index (χ3n) is 4.45. The fourth-order valence-electron chi connectivity index (χ4n) is 2.93. The third kappa shape index (κ3) is 4.36. The molecular formula is C23H20N4O2S. The molecule has 0 bridgehead atoms. The van der Waals surface area contributed by atoms with Gasteiger partial charge in [0.15, 0.2) is 0 Å². The molecule has 3 aromatic heterocycles. The smallest absolute Gasteiger partial charge is 0.265 e. The fourth-order valence-corrected chi connectivity index (χ4v) is 3.55. The number of nitrogens with zero attached hydrogens (tertiary/aromatic N) is 3. The number of amides is 1. The molecule has 0 aliphatic carbocycles. The van der Waals surface area contributed by atoms with Crippen LogP contribution in [0, 0.1) is 6.92 Å². The molecule has 0 saturated heterocycles. The second-order valence-corrected chi connectivity index (χ2v) is 7.53. The van der Waals surface area contributed by atoms with Gasteiger partial charge in [0, 0.05) is 24.5 Å². The van der Waals surface area contributed by atoms with E-state index >= 15 is 0 Å². The first-order valence-corrected chi connectivity index (χ1v) is 10.4. The van der Waals surface area contributed by atoms with E-state index in [1.165, 1.54) is 11.3 Å². The van der Waals surface area contributed by atoms with Crippen molar-refractivity contribution in [2.24, 2.45) is 0 Å². The Labute approximate surface area is 178 Å². The molecule has 4 rings (SSSR count). The third-order valence-corrected chi connectivity index (χ3v) is 5.32. The van der Waals surface area contributed by atoms with Crippen LogP contribution >= 0.6 is 11.3 Å². The minimum atomic E-state index is -0.124. The van der Waals surface area contributed by atoms with Crippen LogP contribution in [0.3, 0.4) is 0 Å². The van der Waals surface area contributed by atoms with Crippen molar-refractivity contribution in [2.45, 2.75) is 20.3 Å². The van der Waals surface area contributed by atoms with E-state index in [1.54, 1.807) is 18.5 Å². The number of carbonyl (C=O) groups excluding carboxylic acids is 1. The fraction of sp³-hybridized carbons (Fsp3) is 0.130. The lowest BCUT2D eigenvalue weighted by Gasteiger charge is -2.13. The Kier molecular flexibility index (Phi) is 5.81. The molecule has 150 valence electrons. The summed E-state index contributed by atoms with van der Waals surface area (Å²) >= 11 is 1.41. The van der Waals surface area contributed by atoms with Gasteiger partial charge >= 0.3 is 0 Å². The van der Waals surface area contributed by atoms with Gasteiger partial charge in [-0.2, -0.15) is 0 Å². The van der Waals surface area contributed by atoms with Crippen LogP contribution in [0.15, 0.2) is 66.3 Å². The van der Waals surface area contributed by atoms with Crippen LogP contribution in [-0.2, 0) is 6.42 Å². The number of benzene rings is 1. The van der Waals surface area contributed by atoms with E-state index in [-0.39, 0.29) is 5.91 Å². The highest BCUT2D eigenvalue weighted by atomic mass is 32.1. The van der Waals surface area contributed by atoms with Crippen molar-refractivity contribution in [3.05, 3.63) is 82.6 Å². The SMILES string of the molecule is CCc1nccc(-c2cccnc2Oc2ccc(NC(=O)c3cccs3)cc2C)n1. The normalized spacial score (nSPS) is 10.6. The Balaban J connectivity index is 1.57. The number of pyridine rings is 1. The number of ether oxygens (including phenoxy) is 1. The minimum absolute atomic E-state index is 0.124. The molecule has 1 N–H and O–H groups in total. The first kappa shape index (κ1) is 19.7. The predicted molar refractivity (Wildman–Crippen MR) is 118 cm³/mol. The maximum atomic E-state index is 12.3. The van der Waals surface area contributed by atoms with Crippen molar-refractivity contribution in [3.63, 3.8) is 0 Å².